The van der Waals surface area contributed by atoms with Crippen LogP contribution in [0.5, 0.6) is 0 Å². The summed E-state index contributed by atoms with van der Waals surface area (Å²) in [7, 11) is 0. The molecular weight excluding hydrogens is 240 g/mol. The number of fused-ring (bicyclic) bond motifs is 1. The Morgan fingerprint density at radius 2 is 2.05 bits per heavy atom. The first-order valence-electron chi connectivity index (χ1n) is 7.40. The van der Waals surface area contributed by atoms with Gasteiger partial charge in [0.1, 0.15) is 5.69 Å². The summed E-state index contributed by atoms with van der Waals surface area (Å²) in [5.74, 6) is 1.14. The molecule has 102 valence electrons. The predicted molar refractivity (Wildman–Crippen MR) is 73.1 cm³/mol. The van der Waals surface area contributed by atoms with Gasteiger partial charge < -0.3 is 10.2 Å². The topological polar surface area (TPSA) is 61.0 Å². The van der Waals surface area contributed by atoms with E-state index in [0.29, 0.717) is 6.04 Å². The molecule has 2 aliphatic carbocycles. The number of nitrogens with one attached hydrogen (secondary N) is 2. The third-order valence-corrected chi connectivity index (χ3v) is 5.17. The average Bonchev–Trinajstić information content (AvgIpc) is 2.98. The predicted octanol–water partition coefficient (Wildman–Crippen LogP) is 2.28. The van der Waals surface area contributed by atoms with Crippen LogP contribution in [0, 0.1) is 5.41 Å². The van der Waals surface area contributed by atoms with Crippen LogP contribution in [0.3, 0.4) is 0 Å². The number of nitrogens with zero attached hydrogens (tertiary/aromatic N) is 2. The highest BCUT2D eigenvalue weighted by Crippen LogP contribution is 2.47. The average molecular weight is 260 g/mol. The summed E-state index contributed by atoms with van der Waals surface area (Å²) in [5, 5.41) is 10.4. The summed E-state index contributed by atoms with van der Waals surface area (Å²) >= 11 is 0. The maximum absolute atomic E-state index is 12.5. The Morgan fingerprint density at radius 1 is 1.26 bits per heavy atom. The minimum Gasteiger partial charge on any atom is -0.349 e. The van der Waals surface area contributed by atoms with Crippen molar-refractivity contribution in [3.8, 4) is 0 Å². The number of anilines is 2. The largest absolute Gasteiger partial charge is 0.349 e. The van der Waals surface area contributed by atoms with E-state index in [0.717, 1.165) is 30.9 Å². The Balaban J connectivity index is 1.72. The van der Waals surface area contributed by atoms with Crippen molar-refractivity contribution in [2.24, 2.45) is 5.41 Å². The molecule has 2 N–H and O–H groups in total. The number of hydrogen-bond donors (Lipinski definition) is 2. The van der Waals surface area contributed by atoms with Crippen molar-refractivity contribution in [3.63, 3.8) is 0 Å². The zero-order valence-corrected chi connectivity index (χ0v) is 11.1. The van der Waals surface area contributed by atoms with Crippen LogP contribution in [0.25, 0.3) is 0 Å². The fraction of sp³-hybridized carbons (Fsp3) is 0.714. The molecule has 1 amide bonds. The van der Waals surface area contributed by atoms with Gasteiger partial charge in [-0.05, 0) is 25.7 Å². The monoisotopic (exact) mass is 260 g/mol. The Morgan fingerprint density at radius 3 is 2.74 bits per heavy atom. The summed E-state index contributed by atoms with van der Waals surface area (Å²) in [6.45, 7) is 0.849. The molecule has 0 aromatic carbocycles. The lowest BCUT2D eigenvalue weighted by molar-refractivity contribution is -0.129. The maximum atomic E-state index is 12.5. The van der Waals surface area contributed by atoms with Crippen molar-refractivity contribution < 1.29 is 4.79 Å². The van der Waals surface area contributed by atoms with Crippen LogP contribution in [-0.2, 0) is 4.79 Å². The molecule has 1 spiro atoms. The van der Waals surface area contributed by atoms with Gasteiger partial charge in [-0.3, -0.25) is 9.89 Å². The first-order valence-corrected chi connectivity index (χ1v) is 7.40. The molecule has 1 aromatic rings. The third-order valence-electron chi connectivity index (χ3n) is 5.17. The SMILES string of the molecule is O=C1Nc2c[nH]nc2N(C2CCCC2)CC12CCC2. The van der Waals surface area contributed by atoms with E-state index in [-0.39, 0.29) is 11.3 Å². The molecule has 0 unspecified atom stereocenters. The molecule has 5 nitrogen and oxygen atoms in total. The normalized spacial score (nSPS) is 25.9. The molecule has 2 saturated carbocycles. The van der Waals surface area contributed by atoms with Crippen LogP contribution in [0.1, 0.15) is 44.9 Å². The summed E-state index contributed by atoms with van der Waals surface area (Å²) in [5.41, 5.74) is 0.705. The Hall–Kier alpha value is -1.52. The third kappa shape index (κ3) is 1.60. The number of amides is 1. The second-order valence-electron chi connectivity index (χ2n) is 6.28. The Kier molecular flexibility index (Phi) is 2.37. The van der Waals surface area contributed by atoms with Gasteiger partial charge in [-0.1, -0.05) is 19.3 Å². The second-order valence-corrected chi connectivity index (χ2v) is 6.28. The summed E-state index contributed by atoms with van der Waals surface area (Å²) < 4.78 is 0. The number of carbonyl (C=O) groups excluding carboxylic acids is 1. The molecule has 4 rings (SSSR count). The molecule has 0 atom stereocenters. The van der Waals surface area contributed by atoms with Gasteiger partial charge in [0.2, 0.25) is 5.91 Å². The first kappa shape index (κ1) is 11.3. The van der Waals surface area contributed by atoms with E-state index < -0.39 is 0 Å². The lowest BCUT2D eigenvalue weighted by Gasteiger charge is -2.43. The summed E-state index contributed by atoms with van der Waals surface area (Å²) in [6, 6.07) is 0.562. The molecule has 0 bridgehead atoms. The molecule has 1 aliphatic heterocycles. The van der Waals surface area contributed by atoms with Gasteiger partial charge in [0.05, 0.1) is 5.41 Å². The Labute approximate surface area is 112 Å². The lowest BCUT2D eigenvalue weighted by Crippen LogP contribution is -2.50. The van der Waals surface area contributed by atoms with E-state index in [4.69, 9.17) is 0 Å². The van der Waals surface area contributed by atoms with Gasteiger partial charge >= 0.3 is 0 Å². The van der Waals surface area contributed by atoms with E-state index >= 15 is 0 Å². The van der Waals surface area contributed by atoms with Crippen LogP contribution in [0.15, 0.2) is 6.20 Å². The molecule has 19 heavy (non-hydrogen) atoms. The van der Waals surface area contributed by atoms with Gasteiger partial charge in [0.15, 0.2) is 5.82 Å². The first-order chi connectivity index (χ1) is 9.28. The lowest BCUT2D eigenvalue weighted by atomic mass is 9.67. The number of aromatic amines is 1. The van der Waals surface area contributed by atoms with Crippen molar-refractivity contribution in [1.29, 1.82) is 0 Å². The molecule has 2 heterocycles. The highest BCUT2D eigenvalue weighted by atomic mass is 16.2. The fourth-order valence-corrected chi connectivity index (χ4v) is 3.83. The zero-order valence-electron chi connectivity index (χ0n) is 11.1. The van der Waals surface area contributed by atoms with Crippen LogP contribution in [-0.4, -0.2) is 28.7 Å². The number of carbonyl (C=O) groups is 1. The number of aromatic nitrogens is 2. The molecular formula is C14H20N4O. The highest BCUT2D eigenvalue weighted by Gasteiger charge is 2.49. The molecule has 2 fully saturated rings. The van der Waals surface area contributed by atoms with E-state index in [1.165, 1.54) is 32.1 Å². The van der Waals surface area contributed by atoms with Gasteiger partial charge in [-0.15, -0.1) is 0 Å². The van der Waals surface area contributed by atoms with Crippen LogP contribution >= 0.6 is 0 Å². The summed E-state index contributed by atoms with van der Waals surface area (Å²) in [6.07, 6.45) is 10.1. The van der Waals surface area contributed by atoms with E-state index in [2.05, 4.69) is 20.4 Å². The molecule has 0 saturated heterocycles. The van der Waals surface area contributed by atoms with Gasteiger partial charge in [0.25, 0.3) is 0 Å². The van der Waals surface area contributed by atoms with Gasteiger partial charge in [-0.2, -0.15) is 5.10 Å². The van der Waals surface area contributed by atoms with Crippen molar-refractivity contribution in [1.82, 2.24) is 10.2 Å². The van der Waals surface area contributed by atoms with E-state index in [1.54, 1.807) is 0 Å². The minimum absolute atomic E-state index is 0.156. The molecule has 5 heteroatoms. The van der Waals surface area contributed by atoms with Crippen molar-refractivity contribution in [3.05, 3.63) is 6.20 Å². The second kappa shape index (κ2) is 3.99. The van der Waals surface area contributed by atoms with Crippen molar-refractivity contribution in [2.45, 2.75) is 51.0 Å². The number of H-pyrrole nitrogens is 1. The van der Waals surface area contributed by atoms with Crippen molar-refractivity contribution in [2.75, 3.05) is 16.8 Å². The number of hydrogen-bond acceptors (Lipinski definition) is 3. The zero-order chi connectivity index (χ0) is 12.9. The molecule has 1 aromatic heterocycles. The standard InChI is InChI=1S/C14H20N4O/c19-13-14(6-3-7-14)9-18(10-4-1-2-5-10)12-11(16-13)8-15-17-12/h8,10H,1-7,9H2,(H,15,17)(H,16,19). The molecule has 3 aliphatic rings. The van der Waals surface area contributed by atoms with Crippen LogP contribution in [0.4, 0.5) is 11.5 Å². The van der Waals surface area contributed by atoms with Crippen molar-refractivity contribution >= 4 is 17.4 Å². The van der Waals surface area contributed by atoms with E-state index in [9.17, 15) is 4.79 Å². The smallest absolute Gasteiger partial charge is 0.232 e. The Bertz CT molecular complexity index is 499. The maximum Gasteiger partial charge on any atom is 0.232 e. The van der Waals surface area contributed by atoms with Gasteiger partial charge in [-0.25, -0.2) is 0 Å². The van der Waals surface area contributed by atoms with E-state index in [1.807, 2.05) is 6.20 Å². The van der Waals surface area contributed by atoms with Gasteiger partial charge in [0, 0.05) is 18.8 Å². The fourth-order valence-electron chi connectivity index (χ4n) is 3.83. The van der Waals surface area contributed by atoms with Crippen LogP contribution in [0.2, 0.25) is 0 Å². The summed E-state index contributed by atoms with van der Waals surface area (Å²) in [4.78, 5) is 14.9. The van der Waals surface area contributed by atoms with Crippen LogP contribution < -0.4 is 10.2 Å². The molecule has 0 radical (unpaired) electrons. The minimum atomic E-state index is -0.156. The quantitative estimate of drug-likeness (QED) is 0.814. The highest BCUT2D eigenvalue weighted by molar-refractivity contribution is 6.00. The number of rotatable bonds is 1.